The molecule has 17 heavy (non-hydrogen) atoms. The second kappa shape index (κ2) is 4.05. The normalized spacial score (nSPS) is 13.8. The van der Waals surface area contributed by atoms with E-state index in [0.717, 1.165) is 31.0 Å². The van der Waals surface area contributed by atoms with Crippen LogP contribution in [0.3, 0.4) is 0 Å². The number of nitrogens with zero attached hydrogens (tertiary/aromatic N) is 4. The molecule has 0 amide bonds. The predicted octanol–water partition coefficient (Wildman–Crippen LogP) is 1.95. The molecular weight excluding hydrogens is 212 g/mol. The Bertz CT molecular complexity index is 544. The zero-order valence-corrected chi connectivity index (χ0v) is 9.58. The van der Waals surface area contributed by atoms with E-state index >= 15 is 0 Å². The van der Waals surface area contributed by atoms with Crippen LogP contribution in [0.5, 0.6) is 0 Å². The summed E-state index contributed by atoms with van der Waals surface area (Å²) in [6.07, 6.45) is 3.73. The molecule has 2 aromatic rings. The summed E-state index contributed by atoms with van der Waals surface area (Å²) in [5, 5.41) is 8.20. The van der Waals surface area contributed by atoms with Gasteiger partial charge >= 0.3 is 0 Å². The lowest BCUT2D eigenvalue weighted by Crippen LogP contribution is -2.25. The Morgan fingerprint density at radius 2 is 2.18 bits per heavy atom. The Kier molecular flexibility index (Phi) is 2.40. The van der Waals surface area contributed by atoms with Gasteiger partial charge in [0.15, 0.2) is 5.82 Å². The number of aromatic nitrogens is 3. The predicted molar refractivity (Wildman–Crippen MR) is 67.9 cm³/mol. The second-order valence-electron chi connectivity index (χ2n) is 4.10. The fraction of sp³-hybridized carbons (Fsp3) is 0.231. The van der Waals surface area contributed by atoms with Crippen LogP contribution in [0.2, 0.25) is 0 Å². The molecule has 86 valence electrons. The lowest BCUT2D eigenvalue weighted by atomic mass is 10.1. The molecule has 4 heteroatoms. The third-order valence-corrected chi connectivity index (χ3v) is 3.06. The van der Waals surface area contributed by atoms with Gasteiger partial charge in [-0.15, -0.1) is 16.8 Å². The summed E-state index contributed by atoms with van der Waals surface area (Å²) in [7, 11) is 0. The topological polar surface area (TPSA) is 34.0 Å². The monoisotopic (exact) mass is 226 g/mol. The minimum absolute atomic E-state index is 0.856. The lowest BCUT2D eigenvalue weighted by Gasteiger charge is -2.22. The number of para-hydroxylation sites is 1. The molecule has 0 fully saturated rings. The highest BCUT2D eigenvalue weighted by atomic mass is 15.3. The van der Waals surface area contributed by atoms with Crippen LogP contribution in [0.15, 0.2) is 43.2 Å². The molecule has 0 bridgehead atoms. The smallest absolute Gasteiger partial charge is 0.165 e. The molecule has 1 aromatic carbocycles. The minimum Gasteiger partial charge on any atom is -0.365 e. The molecule has 2 heterocycles. The van der Waals surface area contributed by atoms with Crippen molar-refractivity contribution in [2.75, 3.05) is 18.0 Å². The summed E-state index contributed by atoms with van der Waals surface area (Å²) in [4.78, 5) is 2.32. The molecule has 1 aliphatic heterocycles. The number of anilines is 1. The van der Waals surface area contributed by atoms with Crippen molar-refractivity contribution in [1.82, 2.24) is 14.8 Å². The molecule has 0 atom stereocenters. The number of hydrogen-bond donors (Lipinski definition) is 0. The first-order valence-corrected chi connectivity index (χ1v) is 5.73. The summed E-state index contributed by atoms with van der Waals surface area (Å²) in [6.45, 7) is 6.54. The molecule has 0 unspecified atom stereocenters. The Balaban J connectivity index is 2.16. The lowest BCUT2D eigenvalue weighted by molar-refractivity contribution is 0.688. The van der Waals surface area contributed by atoms with Crippen LogP contribution < -0.4 is 4.90 Å². The third-order valence-electron chi connectivity index (χ3n) is 3.06. The quantitative estimate of drug-likeness (QED) is 0.734. The minimum atomic E-state index is 0.856. The summed E-state index contributed by atoms with van der Waals surface area (Å²) < 4.78 is 2.10. The van der Waals surface area contributed by atoms with Gasteiger partial charge in [0.1, 0.15) is 6.33 Å². The molecule has 0 radical (unpaired) electrons. The molecule has 3 rings (SSSR count). The summed E-state index contributed by atoms with van der Waals surface area (Å²) in [5.41, 5.74) is 2.35. The van der Waals surface area contributed by atoms with Gasteiger partial charge in [-0.3, -0.25) is 0 Å². The van der Waals surface area contributed by atoms with Crippen LogP contribution in [0.25, 0.3) is 11.4 Å². The van der Waals surface area contributed by atoms with Crippen molar-refractivity contribution < 1.29 is 0 Å². The number of rotatable bonds is 2. The Morgan fingerprint density at radius 3 is 3.06 bits per heavy atom. The number of hydrogen-bond acceptors (Lipinski definition) is 3. The Morgan fingerprint density at radius 1 is 1.29 bits per heavy atom. The molecule has 1 aliphatic rings. The molecular formula is C13H14N4. The molecule has 0 spiro atoms. The Hall–Kier alpha value is -2.10. The van der Waals surface area contributed by atoms with E-state index in [4.69, 9.17) is 0 Å². The fourth-order valence-electron chi connectivity index (χ4n) is 2.26. The number of fused-ring (bicyclic) bond motifs is 3. The van der Waals surface area contributed by atoms with Gasteiger partial charge in [-0.1, -0.05) is 18.2 Å². The van der Waals surface area contributed by atoms with Crippen molar-refractivity contribution in [2.45, 2.75) is 6.54 Å². The van der Waals surface area contributed by atoms with Gasteiger partial charge < -0.3 is 9.47 Å². The highest BCUT2D eigenvalue weighted by Gasteiger charge is 2.19. The summed E-state index contributed by atoms with van der Waals surface area (Å²) in [6, 6.07) is 8.32. The fourth-order valence-corrected chi connectivity index (χ4v) is 2.26. The number of benzene rings is 1. The Labute approximate surface area is 100 Å². The summed E-state index contributed by atoms with van der Waals surface area (Å²) in [5.74, 6) is 0.951. The van der Waals surface area contributed by atoms with E-state index in [1.807, 2.05) is 12.1 Å². The second-order valence-corrected chi connectivity index (χ2v) is 4.10. The average Bonchev–Trinajstić information content (AvgIpc) is 2.78. The molecule has 0 N–H and O–H groups in total. The maximum Gasteiger partial charge on any atom is 0.165 e. The van der Waals surface area contributed by atoms with Crippen LogP contribution in [-0.2, 0) is 6.54 Å². The first kappa shape index (κ1) is 10.1. The van der Waals surface area contributed by atoms with Gasteiger partial charge in [0, 0.05) is 30.9 Å². The van der Waals surface area contributed by atoms with Gasteiger partial charge in [-0.25, -0.2) is 0 Å². The maximum atomic E-state index is 4.21. The van der Waals surface area contributed by atoms with Crippen molar-refractivity contribution in [3.8, 4) is 11.4 Å². The zero-order chi connectivity index (χ0) is 11.7. The van der Waals surface area contributed by atoms with Crippen molar-refractivity contribution in [3.05, 3.63) is 43.2 Å². The molecule has 1 aromatic heterocycles. The van der Waals surface area contributed by atoms with E-state index < -0.39 is 0 Å². The molecule has 0 saturated carbocycles. The van der Waals surface area contributed by atoms with Crippen molar-refractivity contribution in [3.63, 3.8) is 0 Å². The first-order chi connectivity index (χ1) is 8.40. The van der Waals surface area contributed by atoms with Crippen molar-refractivity contribution in [1.29, 1.82) is 0 Å². The van der Waals surface area contributed by atoms with E-state index in [2.05, 4.69) is 44.4 Å². The van der Waals surface area contributed by atoms with Gasteiger partial charge in [-0.2, -0.15) is 0 Å². The van der Waals surface area contributed by atoms with Crippen molar-refractivity contribution in [2.24, 2.45) is 0 Å². The van der Waals surface area contributed by atoms with E-state index in [9.17, 15) is 0 Å². The third kappa shape index (κ3) is 1.62. The van der Waals surface area contributed by atoms with E-state index in [-0.39, 0.29) is 0 Å². The highest BCUT2D eigenvalue weighted by molar-refractivity contribution is 5.75. The van der Waals surface area contributed by atoms with Gasteiger partial charge in [-0.05, 0) is 12.1 Å². The van der Waals surface area contributed by atoms with E-state index in [1.54, 1.807) is 6.33 Å². The van der Waals surface area contributed by atoms with Crippen LogP contribution in [0.4, 0.5) is 5.69 Å². The van der Waals surface area contributed by atoms with E-state index in [0.29, 0.717) is 0 Å². The standard InChI is InChI=1S/C13H14N4/c1-2-7-16-8-9-17-10-14-15-13(17)11-5-3-4-6-12(11)16/h2-6,10H,1,7-9H2. The summed E-state index contributed by atoms with van der Waals surface area (Å²) >= 11 is 0. The molecule has 0 saturated heterocycles. The van der Waals surface area contributed by atoms with Crippen LogP contribution >= 0.6 is 0 Å². The van der Waals surface area contributed by atoms with Crippen LogP contribution in [0.1, 0.15) is 0 Å². The van der Waals surface area contributed by atoms with Crippen LogP contribution in [-0.4, -0.2) is 27.9 Å². The largest absolute Gasteiger partial charge is 0.365 e. The van der Waals surface area contributed by atoms with Gasteiger partial charge in [0.2, 0.25) is 0 Å². The SMILES string of the molecule is C=CCN1CCn2cnnc2-c2ccccc21. The van der Waals surface area contributed by atoms with Crippen molar-refractivity contribution >= 4 is 5.69 Å². The zero-order valence-electron chi connectivity index (χ0n) is 9.58. The van der Waals surface area contributed by atoms with Gasteiger partial charge in [0.05, 0.1) is 0 Å². The van der Waals surface area contributed by atoms with E-state index in [1.165, 1.54) is 5.69 Å². The highest BCUT2D eigenvalue weighted by Crippen LogP contribution is 2.31. The maximum absolute atomic E-state index is 4.21. The van der Waals surface area contributed by atoms with Crippen LogP contribution in [0, 0.1) is 0 Å². The molecule has 4 nitrogen and oxygen atoms in total. The van der Waals surface area contributed by atoms with Gasteiger partial charge in [0.25, 0.3) is 0 Å². The molecule has 0 aliphatic carbocycles. The first-order valence-electron chi connectivity index (χ1n) is 5.73. The average molecular weight is 226 g/mol.